The van der Waals surface area contributed by atoms with Gasteiger partial charge in [0, 0.05) is 24.7 Å². The summed E-state index contributed by atoms with van der Waals surface area (Å²) < 4.78 is 13.5. The third-order valence-electron chi connectivity index (χ3n) is 3.87. The van der Waals surface area contributed by atoms with Crippen LogP contribution in [0.15, 0.2) is 18.2 Å². The van der Waals surface area contributed by atoms with Gasteiger partial charge in [-0.15, -0.1) is 0 Å². The Morgan fingerprint density at radius 3 is 2.60 bits per heavy atom. The second-order valence-electron chi connectivity index (χ2n) is 5.41. The second-order valence-corrected chi connectivity index (χ2v) is 5.41. The van der Waals surface area contributed by atoms with Gasteiger partial charge in [0.25, 0.3) is 0 Å². The van der Waals surface area contributed by atoms with Crippen LogP contribution in [0.5, 0.6) is 0 Å². The SMILES string of the molecule is CC1CCCC(C)N1NCc1ccc([N+](=O)[O-])c(F)c1. The highest BCUT2D eigenvalue weighted by Crippen LogP contribution is 2.21. The van der Waals surface area contributed by atoms with Gasteiger partial charge in [-0.25, -0.2) is 5.01 Å². The number of nitrogens with zero attached hydrogens (tertiary/aromatic N) is 2. The van der Waals surface area contributed by atoms with Crippen molar-refractivity contribution in [3.63, 3.8) is 0 Å². The molecule has 20 heavy (non-hydrogen) atoms. The molecule has 0 spiro atoms. The van der Waals surface area contributed by atoms with Crippen molar-refractivity contribution in [2.75, 3.05) is 0 Å². The molecular weight excluding hydrogens is 261 g/mol. The van der Waals surface area contributed by atoms with E-state index in [1.165, 1.54) is 18.6 Å². The maximum Gasteiger partial charge on any atom is 0.304 e. The van der Waals surface area contributed by atoms with Gasteiger partial charge in [0.05, 0.1) is 4.92 Å². The number of nitro benzene ring substituents is 1. The summed E-state index contributed by atoms with van der Waals surface area (Å²) in [7, 11) is 0. The van der Waals surface area contributed by atoms with Crippen molar-refractivity contribution in [3.05, 3.63) is 39.7 Å². The van der Waals surface area contributed by atoms with E-state index in [1.54, 1.807) is 6.07 Å². The van der Waals surface area contributed by atoms with Gasteiger partial charge in [-0.3, -0.25) is 15.5 Å². The lowest BCUT2D eigenvalue weighted by atomic mass is 10.00. The molecule has 1 aliphatic heterocycles. The molecule has 110 valence electrons. The van der Waals surface area contributed by atoms with Gasteiger partial charge in [0.1, 0.15) is 0 Å². The van der Waals surface area contributed by atoms with Crippen molar-refractivity contribution in [2.45, 2.75) is 51.7 Å². The Balaban J connectivity index is 2.00. The number of nitrogens with one attached hydrogen (secondary N) is 1. The predicted octanol–water partition coefficient (Wildman–Crippen LogP) is 3.00. The average molecular weight is 281 g/mol. The van der Waals surface area contributed by atoms with Crippen LogP contribution >= 0.6 is 0 Å². The van der Waals surface area contributed by atoms with E-state index in [1.807, 2.05) is 0 Å². The van der Waals surface area contributed by atoms with Crippen LogP contribution in [0.4, 0.5) is 10.1 Å². The molecule has 1 aromatic rings. The zero-order chi connectivity index (χ0) is 14.7. The molecule has 1 saturated heterocycles. The average Bonchev–Trinajstić information content (AvgIpc) is 2.37. The third-order valence-corrected chi connectivity index (χ3v) is 3.87. The van der Waals surface area contributed by atoms with Crippen molar-refractivity contribution in [2.24, 2.45) is 0 Å². The zero-order valence-electron chi connectivity index (χ0n) is 11.8. The van der Waals surface area contributed by atoms with Crippen LogP contribution in [0.1, 0.15) is 38.7 Å². The lowest BCUT2D eigenvalue weighted by molar-refractivity contribution is -0.387. The molecule has 0 saturated carbocycles. The molecule has 1 N–H and O–H groups in total. The monoisotopic (exact) mass is 281 g/mol. The first-order valence-electron chi connectivity index (χ1n) is 6.93. The van der Waals surface area contributed by atoms with Gasteiger partial charge in [-0.1, -0.05) is 12.5 Å². The minimum atomic E-state index is -0.783. The minimum Gasteiger partial charge on any atom is -0.258 e. The Labute approximate surface area is 117 Å². The topological polar surface area (TPSA) is 58.4 Å². The van der Waals surface area contributed by atoms with E-state index in [0.29, 0.717) is 24.2 Å². The number of piperidine rings is 1. The van der Waals surface area contributed by atoms with Gasteiger partial charge in [0.15, 0.2) is 0 Å². The maximum absolute atomic E-state index is 13.5. The first-order valence-corrected chi connectivity index (χ1v) is 6.93. The summed E-state index contributed by atoms with van der Waals surface area (Å²) in [6, 6.07) is 4.93. The van der Waals surface area contributed by atoms with Crippen LogP contribution in [0.3, 0.4) is 0 Å². The molecule has 2 rings (SSSR count). The molecule has 0 bridgehead atoms. The summed E-state index contributed by atoms with van der Waals surface area (Å²) in [5.74, 6) is -0.783. The van der Waals surface area contributed by atoms with Gasteiger partial charge in [0.2, 0.25) is 5.82 Å². The smallest absolute Gasteiger partial charge is 0.258 e. The molecule has 0 aromatic heterocycles. The maximum atomic E-state index is 13.5. The van der Waals surface area contributed by atoms with Gasteiger partial charge < -0.3 is 0 Å². The highest BCUT2D eigenvalue weighted by Gasteiger charge is 2.24. The van der Waals surface area contributed by atoms with Gasteiger partial charge in [-0.2, -0.15) is 4.39 Å². The number of halogens is 1. The minimum absolute atomic E-state index is 0.446. The summed E-state index contributed by atoms with van der Waals surface area (Å²) >= 11 is 0. The number of hydrogen-bond donors (Lipinski definition) is 1. The summed E-state index contributed by atoms with van der Waals surface area (Å²) in [5.41, 5.74) is 3.54. The van der Waals surface area contributed by atoms with E-state index in [9.17, 15) is 14.5 Å². The fourth-order valence-corrected chi connectivity index (χ4v) is 2.72. The highest BCUT2D eigenvalue weighted by molar-refractivity contribution is 5.34. The van der Waals surface area contributed by atoms with E-state index < -0.39 is 16.4 Å². The molecule has 1 aliphatic rings. The van der Waals surface area contributed by atoms with E-state index >= 15 is 0 Å². The van der Waals surface area contributed by atoms with Crippen LogP contribution in [0.2, 0.25) is 0 Å². The van der Waals surface area contributed by atoms with E-state index in [4.69, 9.17) is 0 Å². The van der Waals surface area contributed by atoms with Crippen LogP contribution in [-0.2, 0) is 6.54 Å². The van der Waals surface area contributed by atoms with Crippen LogP contribution in [0, 0.1) is 15.9 Å². The largest absolute Gasteiger partial charge is 0.304 e. The molecular formula is C14H20FN3O2. The molecule has 1 fully saturated rings. The van der Waals surface area contributed by atoms with E-state index in [0.717, 1.165) is 12.8 Å². The van der Waals surface area contributed by atoms with Crippen LogP contribution in [0.25, 0.3) is 0 Å². The third kappa shape index (κ3) is 3.32. The van der Waals surface area contributed by atoms with Crippen molar-refractivity contribution in [1.82, 2.24) is 10.4 Å². The highest BCUT2D eigenvalue weighted by atomic mass is 19.1. The fourth-order valence-electron chi connectivity index (χ4n) is 2.72. The Bertz CT molecular complexity index is 485. The zero-order valence-corrected chi connectivity index (χ0v) is 11.8. The first kappa shape index (κ1) is 14.9. The quantitative estimate of drug-likeness (QED) is 0.681. The summed E-state index contributed by atoms with van der Waals surface area (Å²) in [4.78, 5) is 9.86. The summed E-state index contributed by atoms with van der Waals surface area (Å²) in [5, 5.41) is 12.8. The first-order chi connectivity index (χ1) is 9.49. The standard InChI is InChI=1S/C14H20FN3O2/c1-10-4-3-5-11(2)17(10)16-9-12-6-7-14(18(19)20)13(15)8-12/h6-8,10-11,16H,3-5,9H2,1-2H3. The Hall–Kier alpha value is -1.53. The summed E-state index contributed by atoms with van der Waals surface area (Å²) in [6.45, 7) is 4.81. The Morgan fingerprint density at radius 2 is 2.05 bits per heavy atom. The molecule has 0 amide bonds. The van der Waals surface area contributed by atoms with Crippen molar-refractivity contribution < 1.29 is 9.31 Å². The fraction of sp³-hybridized carbons (Fsp3) is 0.571. The lowest BCUT2D eigenvalue weighted by Crippen LogP contribution is -2.51. The van der Waals surface area contributed by atoms with Crippen molar-refractivity contribution >= 4 is 5.69 Å². The molecule has 1 heterocycles. The van der Waals surface area contributed by atoms with E-state index in [-0.39, 0.29) is 0 Å². The van der Waals surface area contributed by atoms with Crippen LogP contribution in [-0.4, -0.2) is 22.0 Å². The Morgan fingerprint density at radius 1 is 1.40 bits per heavy atom. The molecule has 0 aliphatic carbocycles. The number of hydrogen-bond acceptors (Lipinski definition) is 4. The van der Waals surface area contributed by atoms with Gasteiger partial charge in [-0.05, 0) is 38.3 Å². The molecule has 5 nitrogen and oxygen atoms in total. The van der Waals surface area contributed by atoms with Crippen LogP contribution < -0.4 is 5.43 Å². The van der Waals surface area contributed by atoms with Crippen molar-refractivity contribution in [3.8, 4) is 0 Å². The predicted molar refractivity (Wildman–Crippen MR) is 74.5 cm³/mol. The normalized spacial score (nSPS) is 23.8. The van der Waals surface area contributed by atoms with Gasteiger partial charge >= 0.3 is 5.69 Å². The summed E-state index contributed by atoms with van der Waals surface area (Å²) in [6.07, 6.45) is 3.52. The number of hydrazine groups is 1. The molecule has 2 unspecified atom stereocenters. The molecule has 1 aromatic carbocycles. The second kappa shape index (κ2) is 6.28. The Kier molecular flexibility index (Phi) is 4.67. The molecule has 6 heteroatoms. The molecule has 0 radical (unpaired) electrons. The molecule has 2 atom stereocenters. The van der Waals surface area contributed by atoms with E-state index in [2.05, 4.69) is 24.3 Å². The number of nitro groups is 1. The lowest BCUT2D eigenvalue weighted by Gasteiger charge is -2.39. The van der Waals surface area contributed by atoms with Crippen molar-refractivity contribution in [1.29, 1.82) is 0 Å². The number of benzene rings is 1. The number of rotatable bonds is 4.